The van der Waals surface area contributed by atoms with Crippen molar-refractivity contribution in [2.24, 2.45) is 0 Å². The van der Waals surface area contributed by atoms with Crippen LogP contribution in [0.25, 0.3) is 0 Å². The van der Waals surface area contributed by atoms with Gasteiger partial charge in [-0.05, 0) is 37.6 Å². The van der Waals surface area contributed by atoms with E-state index in [0.29, 0.717) is 29.1 Å². The van der Waals surface area contributed by atoms with Crippen molar-refractivity contribution in [1.82, 2.24) is 10.2 Å². The van der Waals surface area contributed by atoms with E-state index in [0.717, 1.165) is 0 Å². The molecule has 6 heteroatoms. The van der Waals surface area contributed by atoms with Crippen LogP contribution in [0.1, 0.15) is 28.7 Å². The van der Waals surface area contributed by atoms with Crippen molar-refractivity contribution in [3.63, 3.8) is 0 Å². The molecule has 0 unspecified atom stereocenters. The molecule has 104 valence electrons. The van der Waals surface area contributed by atoms with Crippen molar-refractivity contribution < 1.29 is 9.18 Å². The first-order valence-electron chi connectivity index (χ1n) is 6.20. The summed E-state index contributed by atoms with van der Waals surface area (Å²) < 4.78 is 13.2. The van der Waals surface area contributed by atoms with Crippen molar-refractivity contribution in [3.05, 3.63) is 47.0 Å². The molecule has 0 aliphatic carbocycles. The fourth-order valence-electron chi connectivity index (χ4n) is 1.85. The Hall–Kier alpha value is -2.50. The third-order valence-corrected chi connectivity index (χ3v) is 2.75. The zero-order chi connectivity index (χ0) is 14.7. The number of nitrogens with one attached hydrogen (secondary N) is 1. The molecule has 5 nitrogen and oxygen atoms in total. The van der Waals surface area contributed by atoms with Crippen LogP contribution in [0.15, 0.2) is 24.3 Å². The Labute approximate surface area is 116 Å². The number of hydrogen-bond donors (Lipinski definition) is 2. The van der Waals surface area contributed by atoms with Gasteiger partial charge >= 0.3 is 0 Å². The number of hydrogen-bond acceptors (Lipinski definition) is 4. The summed E-state index contributed by atoms with van der Waals surface area (Å²) in [5.74, 6) is -0.857. The van der Waals surface area contributed by atoms with Gasteiger partial charge in [0, 0.05) is 11.4 Å². The zero-order valence-corrected chi connectivity index (χ0v) is 11.3. The smallest absolute Gasteiger partial charge is 0.257 e. The van der Waals surface area contributed by atoms with Gasteiger partial charge in [-0.15, -0.1) is 0 Å². The minimum Gasteiger partial charge on any atom is -0.399 e. The summed E-state index contributed by atoms with van der Waals surface area (Å²) in [5.41, 5.74) is 7.77. The summed E-state index contributed by atoms with van der Waals surface area (Å²) in [4.78, 5) is 12.2. The van der Waals surface area contributed by atoms with Gasteiger partial charge in [0.1, 0.15) is 5.82 Å². The lowest BCUT2D eigenvalue weighted by molar-refractivity contribution is 0.102. The highest BCUT2D eigenvalue weighted by Gasteiger charge is 2.13. The predicted octanol–water partition coefficient (Wildman–Crippen LogP) is 2.32. The number of carbonyl (C=O) groups is 1. The quantitative estimate of drug-likeness (QED) is 0.842. The third-order valence-electron chi connectivity index (χ3n) is 2.75. The molecular weight excluding hydrogens is 259 g/mol. The first-order chi connectivity index (χ1) is 9.49. The number of aromatic nitrogens is 2. The van der Waals surface area contributed by atoms with Gasteiger partial charge in [0.2, 0.25) is 0 Å². The van der Waals surface area contributed by atoms with Crippen LogP contribution in [0.4, 0.5) is 15.8 Å². The van der Waals surface area contributed by atoms with E-state index in [4.69, 9.17) is 5.73 Å². The molecule has 2 aromatic rings. The van der Waals surface area contributed by atoms with Crippen LogP contribution < -0.4 is 11.1 Å². The molecule has 0 saturated heterocycles. The van der Waals surface area contributed by atoms with Crippen molar-refractivity contribution in [2.45, 2.75) is 20.3 Å². The SMILES string of the molecule is CCc1nnc(C)cc1C(=O)Nc1cc(N)cc(F)c1. The number of nitrogens with zero attached hydrogens (tertiary/aromatic N) is 2. The van der Waals surface area contributed by atoms with Crippen LogP contribution in [0.3, 0.4) is 0 Å². The monoisotopic (exact) mass is 274 g/mol. The summed E-state index contributed by atoms with van der Waals surface area (Å²) in [6.45, 7) is 3.64. The van der Waals surface area contributed by atoms with Crippen molar-refractivity contribution in [2.75, 3.05) is 11.1 Å². The number of halogens is 1. The van der Waals surface area contributed by atoms with Crippen LogP contribution in [-0.4, -0.2) is 16.1 Å². The maximum Gasteiger partial charge on any atom is 0.257 e. The Morgan fingerprint density at radius 3 is 2.70 bits per heavy atom. The van der Waals surface area contributed by atoms with Crippen molar-refractivity contribution >= 4 is 17.3 Å². The first-order valence-corrected chi connectivity index (χ1v) is 6.20. The lowest BCUT2D eigenvalue weighted by atomic mass is 10.1. The van der Waals surface area contributed by atoms with Crippen molar-refractivity contribution in [1.29, 1.82) is 0 Å². The van der Waals surface area contributed by atoms with Crippen molar-refractivity contribution in [3.8, 4) is 0 Å². The minimum atomic E-state index is -0.500. The number of rotatable bonds is 3. The number of anilines is 2. The molecule has 0 atom stereocenters. The Bertz CT molecular complexity index is 637. The topological polar surface area (TPSA) is 80.9 Å². The molecule has 1 amide bonds. The number of benzene rings is 1. The Morgan fingerprint density at radius 1 is 1.30 bits per heavy atom. The fraction of sp³-hybridized carbons (Fsp3) is 0.214. The molecule has 1 aromatic heterocycles. The van der Waals surface area contributed by atoms with Gasteiger partial charge in [-0.25, -0.2) is 4.39 Å². The summed E-state index contributed by atoms with van der Waals surface area (Å²) in [6, 6.07) is 5.55. The maximum atomic E-state index is 13.2. The number of amides is 1. The predicted molar refractivity (Wildman–Crippen MR) is 74.9 cm³/mol. The highest BCUT2D eigenvalue weighted by atomic mass is 19.1. The number of nitrogen functional groups attached to an aromatic ring is 1. The second-order valence-electron chi connectivity index (χ2n) is 4.43. The van der Waals surface area contributed by atoms with Gasteiger partial charge in [0.15, 0.2) is 0 Å². The van der Waals surface area contributed by atoms with Crippen LogP contribution in [-0.2, 0) is 6.42 Å². The molecule has 1 aromatic carbocycles. The summed E-state index contributed by atoms with van der Waals surface area (Å²) in [5, 5.41) is 10.5. The fourth-order valence-corrected chi connectivity index (χ4v) is 1.85. The van der Waals surface area contributed by atoms with E-state index in [1.165, 1.54) is 18.2 Å². The van der Waals surface area contributed by atoms with Gasteiger partial charge in [-0.3, -0.25) is 4.79 Å². The standard InChI is InChI=1S/C14H15FN4O/c1-3-13-12(4-8(2)18-19-13)14(20)17-11-6-9(15)5-10(16)7-11/h4-7H,3,16H2,1-2H3,(H,17,20). The van der Waals surface area contributed by atoms with E-state index in [-0.39, 0.29) is 11.6 Å². The lowest BCUT2D eigenvalue weighted by Gasteiger charge is -2.09. The molecule has 0 aliphatic rings. The average Bonchev–Trinajstić information content (AvgIpc) is 2.37. The highest BCUT2D eigenvalue weighted by molar-refractivity contribution is 6.05. The Morgan fingerprint density at radius 2 is 2.05 bits per heavy atom. The van der Waals surface area contributed by atoms with E-state index < -0.39 is 5.82 Å². The maximum absolute atomic E-state index is 13.2. The van der Waals surface area contributed by atoms with Crippen LogP contribution in [0, 0.1) is 12.7 Å². The Balaban J connectivity index is 2.30. The number of aryl methyl sites for hydroxylation is 2. The number of nitrogens with two attached hydrogens (primary N) is 1. The third kappa shape index (κ3) is 3.09. The molecule has 0 aliphatic heterocycles. The summed E-state index contributed by atoms with van der Waals surface area (Å²) in [7, 11) is 0. The van der Waals surface area contributed by atoms with Gasteiger partial charge in [0.05, 0.1) is 17.0 Å². The van der Waals surface area contributed by atoms with Gasteiger partial charge in [-0.2, -0.15) is 10.2 Å². The van der Waals surface area contributed by atoms with E-state index in [9.17, 15) is 9.18 Å². The molecule has 0 fully saturated rings. The summed E-state index contributed by atoms with van der Waals surface area (Å²) in [6.07, 6.45) is 0.585. The molecule has 3 N–H and O–H groups in total. The lowest BCUT2D eigenvalue weighted by Crippen LogP contribution is -2.16. The van der Waals surface area contributed by atoms with Gasteiger partial charge < -0.3 is 11.1 Å². The largest absolute Gasteiger partial charge is 0.399 e. The average molecular weight is 274 g/mol. The van der Waals surface area contributed by atoms with Crippen LogP contribution in [0.5, 0.6) is 0 Å². The molecule has 0 saturated carbocycles. The first kappa shape index (κ1) is 13.9. The van der Waals surface area contributed by atoms with Crippen LogP contribution >= 0.6 is 0 Å². The van der Waals surface area contributed by atoms with Gasteiger partial charge in [-0.1, -0.05) is 6.92 Å². The summed E-state index contributed by atoms with van der Waals surface area (Å²) >= 11 is 0. The van der Waals surface area contributed by atoms with Crippen LogP contribution in [0.2, 0.25) is 0 Å². The normalized spacial score (nSPS) is 10.3. The van der Waals surface area contributed by atoms with Gasteiger partial charge in [0.25, 0.3) is 5.91 Å². The molecule has 2 rings (SSSR count). The molecule has 1 heterocycles. The van der Waals surface area contributed by atoms with E-state index in [1.54, 1.807) is 13.0 Å². The van der Waals surface area contributed by atoms with E-state index in [1.807, 2.05) is 6.92 Å². The molecule has 0 spiro atoms. The molecular formula is C14H15FN4O. The zero-order valence-electron chi connectivity index (χ0n) is 11.3. The Kier molecular flexibility index (Phi) is 3.93. The molecule has 0 bridgehead atoms. The minimum absolute atomic E-state index is 0.250. The second kappa shape index (κ2) is 5.64. The molecule has 20 heavy (non-hydrogen) atoms. The van der Waals surface area contributed by atoms with E-state index in [2.05, 4.69) is 15.5 Å². The highest BCUT2D eigenvalue weighted by Crippen LogP contribution is 2.17. The number of carbonyl (C=O) groups excluding carboxylic acids is 1. The van der Waals surface area contributed by atoms with E-state index >= 15 is 0 Å². The second-order valence-corrected chi connectivity index (χ2v) is 4.43. The molecule has 0 radical (unpaired) electrons.